The van der Waals surface area contributed by atoms with Gasteiger partial charge in [-0.05, 0) is 5.59 Å². The van der Waals surface area contributed by atoms with E-state index in [1.165, 1.54) is 6.20 Å². The quantitative estimate of drug-likeness (QED) is 0.365. The molecule has 1 N–H and O–H groups in total. The Kier molecular flexibility index (Phi) is 0.929. The largest absolute Gasteiger partial charge is 0.294 e. The molecule has 4 radical (unpaired) electrons. The van der Waals surface area contributed by atoms with Gasteiger partial charge in [0, 0.05) is 6.20 Å². The molecule has 4 heteroatoms. The number of nitrogens with one attached hydrogen (secondary N) is 1. The van der Waals surface area contributed by atoms with Crippen molar-refractivity contribution in [1.29, 1.82) is 0 Å². The molecule has 30 valence electrons. The molecule has 0 atom stereocenters. The Morgan fingerprint density at radius 2 is 2.29 bits per heavy atom. The summed E-state index contributed by atoms with van der Waals surface area (Å²) in [6, 6.07) is 0. The van der Waals surface area contributed by atoms with Crippen molar-refractivity contribution in [3.05, 3.63) is 6.20 Å². The number of hydrogen-bond acceptors (Lipinski definition) is 1. The summed E-state index contributed by atoms with van der Waals surface area (Å²) in [7, 11) is 10.4. The predicted octanol–water partition coefficient (Wildman–Crippen LogP) is -2.00. The van der Waals surface area contributed by atoms with E-state index in [1.54, 1.807) is 0 Å². The SMILES string of the molecule is [B]c1cn[nH]c1[B]. The molecule has 2 nitrogen and oxygen atoms in total. The lowest BCUT2D eigenvalue weighted by molar-refractivity contribution is 1.11. The molecule has 0 amide bonds. The molecule has 1 aromatic heterocycles. The maximum absolute atomic E-state index is 5.22. The molecular weight excluding hydrogens is 85.7 g/mol. The molecule has 0 aliphatic carbocycles. The van der Waals surface area contributed by atoms with Crippen LogP contribution in [0.5, 0.6) is 0 Å². The Hall–Kier alpha value is -0.660. The van der Waals surface area contributed by atoms with Gasteiger partial charge in [0.05, 0.1) is 0 Å². The molecule has 0 spiro atoms. The first-order chi connectivity index (χ1) is 3.30. The van der Waals surface area contributed by atoms with Crippen molar-refractivity contribution in [3.8, 4) is 0 Å². The summed E-state index contributed by atoms with van der Waals surface area (Å²) in [6.07, 6.45) is 1.47. The molecular formula is C3H2B2N2. The lowest BCUT2D eigenvalue weighted by Crippen LogP contribution is -2.22. The average Bonchev–Trinajstić information content (AvgIpc) is 1.91. The maximum atomic E-state index is 5.22. The first kappa shape index (κ1) is 4.50. The third-order valence-corrected chi connectivity index (χ3v) is 0.700. The molecule has 0 fully saturated rings. The Labute approximate surface area is 44.1 Å². The minimum atomic E-state index is 0.431. The van der Waals surface area contributed by atoms with Gasteiger partial charge in [-0.25, -0.2) is 0 Å². The monoisotopic (exact) mass is 88.0 g/mol. The van der Waals surface area contributed by atoms with Gasteiger partial charge in [-0.3, -0.25) is 5.10 Å². The number of aromatic nitrogens is 2. The van der Waals surface area contributed by atoms with Crippen molar-refractivity contribution in [3.63, 3.8) is 0 Å². The summed E-state index contributed by atoms with van der Waals surface area (Å²) in [4.78, 5) is 0. The van der Waals surface area contributed by atoms with Crippen LogP contribution in [0.25, 0.3) is 0 Å². The van der Waals surface area contributed by atoms with Crippen molar-refractivity contribution in [1.82, 2.24) is 10.2 Å². The van der Waals surface area contributed by atoms with Crippen molar-refractivity contribution < 1.29 is 0 Å². The van der Waals surface area contributed by atoms with E-state index in [0.29, 0.717) is 11.1 Å². The van der Waals surface area contributed by atoms with Gasteiger partial charge in [-0.15, -0.1) is 0 Å². The molecule has 0 bridgehead atoms. The first-order valence-corrected chi connectivity index (χ1v) is 1.85. The highest BCUT2D eigenvalue weighted by molar-refractivity contribution is 6.47. The zero-order chi connectivity index (χ0) is 5.28. The highest BCUT2D eigenvalue weighted by Crippen LogP contribution is 1.55. The van der Waals surface area contributed by atoms with E-state index in [-0.39, 0.29) is 0 Å². The van der Waals surface area contributed by atoms with Crippen molar-refractivity contribution in [2.75, 3.05) is 0 Å². The van der Waals surface area contributed by atoms with Crippen LogP contribution in [0, 0.1) is 0 Å². The molecule has 7 heavy (non-hydrogen) atoms. The van der Waals surface area contributed by atoms with E-state index in [2.05, 4.69) is 10.2 Å². The van der Waals surface area contributed by atoms with Crippen LogP contribution in [-0.2, 0) is 0 Å². The van der Waals surface area contributed by atoms with Crippen LogP contribution in [0.4, 0.5) is 0 Å². The topological polar surface area (TPSA) is 28.7 Å². The molecule has 1 heterocycles. The summed E-state index contributed by atoms with van der Waals surface area (Å²) in [5.41, 5.74) is 0.931. The Morgan fingerprint density at radius 3 is 2.43 bits per heavy atom. The third-order valence-electron chi connectivity index (χ3n) is 0.700. The molecule has 1 rings (SSSR count). The normalized spacial score (nSPS) is 9.14. The minimum absolute atomic E-state index is 0.431. The molecule has 1 aromatic rings. The summed E-state index contributed by atoms with van der Waals surface area (Å²) in [6.45, 7) is 0. The zero-order valence-electron chi connectivity index (χ0n) is 3.68. The number of rotatable bonds is 0. The van der Waals surface area contributed by atoms with Crippen LogP contribution >= 0.6 is 0 Å². The second kappa shape index (κ2) is 1.45. The summed E-state index contributed by atoms with van der Waals surface area (Å²) >= 11 is 0. The van der Waals surface area contributed by atoms with Gasteiger partial charge in [0.25, 0.3) is 0 Å². The molecule has 0 saturated carbocycles. The number of nitrogens with zero attached hydrogens (tertiary/aromatic N) is 1. The minimum Gasteiger partial charge on any atom is -0.294 e. The van der Waals surface area contributed by atoms with Gasteiger partial charge in [0.15, 0.2) is 0 Å². The highest BCUT2D eigenvalue weighted by Gasteiger charge is 1.86. The Morgan fingerprint density at radius 1 is 1.57 bits per heavy atom. The fourth-order valence-corrected chi connectivity index (χ4v) is 0.305. The van der Waals surface area contributed by atoms with Crippen LogP contribution in [0.3, 0.4) is 0 Å². The Balaban J connectivity index is 3.12. The number of hydrogen-bond donors (Lipinski definition) is 1. The van der Waals surface area contributed by atoms with E-state index in [4.69, 9.17) is 15.7 Å². The van der Waals surface area contributed by atoms with Crippen LogP contribution in [0.1, 0.15) is 0 Å². The highest BCUT2D eigenvalue weighted by atomic mass is 15.1. The zero-order valence-corrected chi connectivity index (χ0v) is 3.68. The van der Waals surface area contributed by atoms with Crippen molar-refractivity contribution in [2.24, 2.45) is 0 Å². The lowest BCUT2D eigenvalue weighted by Gasteiger charge is -1.79. The van der Waals surface area contributed by atoms with E-state index in [9.17, 15) is 0 Å². The first-order valence-electron chi connectivity index (χ1n) is 1.85. The summed E-state index contributed by atoms with van der Waals surface area (Å²) in [5.74, 6) is 0. The van der Waals surface area contributed by atoms with Gasteiger partial charge >= 0.3 is 0 Å². The van der Waals surface area contributed by atoms with Crippen LogP contribution in [0.15, 0.2) is 6.20 Å². The summed E-state index contributed by atoms with van der Waals surface area (Å²) < 4.78 is 0. The number of aromatic amines is 1. The van der Waals surface area contributed by atoms with Crippen LogP contribution in [-0.4, -0.2) is 25.9 Å². The van der Waals surface area contributed by atoms with Gasteiger partial charge in [0.1, 0.15) is 15.7 Å². The van der Waals surface area contributed by atoms with E-state index >= 15 is 0 Å². The smallest absolute Gasteiger partial charge is 0.140 e. The third kappa shape index (κ3) is 0.683. The average molecular weight is 87.7 g/mol. The van der Waals surface area contributed by atoms with Gasteiger partial charge in [0.2, 0.25) is 0 Å². The summed E-state index contributed by atoms with van der Waals surface area (Å²) in [5, 5.41) is 6.02. The maximum Gasteiger partial charge on any atom is 0.140 e. The number of H-pyrrole nitrogens is 1. The lowest BCUT2D eigenvalue weighted by atomic mass is 9.88. The predicted molar refractivity (Wildman–Crippen MR) is 29.4 cm³/mol. The van der Waals surface area contributed by atoms with Gasteiger partial charge < -0.3 is 0 Å². The second-order valence-corrected chi connectivity index (χ2v) is 1.24. The Bertz CT molecular complexity index is 143. The standard InChI is InChI=1S/C3H2B2N2/c4-2-1-6-7-3(2)5/h1H,(H,6,7). The van der Waals surface area contributed by atoms with Crippen LogP contribution in [0.2, 0.25) is 0 Å². The fourth-order valence-electron chi connectivity index (χ4n) is 0.305. The second-order valence-electron chi connectivity index (χ2n) is 1.24. The molecule has 0 aromatic carbocycles. The van der Waals surface area contributed by atoms with Crippen LogP contribution < -0.4 is 11.1 Å². The van der Waals surface area contributed by atoms with Gasteiger partial charge in [-0.2, -0.15) is 5.10 Å². The van der Waals surface area contributed by atoms with Crippen molar-refractivity contribution >= 4 is 26.7 Å². The molecule has 0 aliphatic rings. The molecule has 0 saturated heterocycles. The van der Waals surface area contributed by atoms with E-state index < -0.39 is 0 Å². The van der Waals surface area contributed by atoms with E-state index in [1.807, 2.05) is 0 Å². The van der Waals surface area contributed by atoms with Crippen molar-refractivity contribution in [2.45, 2.75) is 0 Å². The van der Waals surface area contributed by atoms with Gasteiger partial charge in [-0.1, -0.05) is 5.46 Å². The molecule has 0 unspecified atom stereocenters. The van der Waals surface area contributed by atoms with E-state index in [0.717, 1.165) is 0 Å². The molecule has 0 aliphatic heterocycles. The fraction of sp³-hybridized carbons (Fsp3) is 0.